The molecule has 152 valence electrons. The van der Waals surface area contributed by atoms with Crippen LogP contribution < -0.4 is 320 Å². The third kappa shape index (κ3) is 267. The normalized spacial score (nSPS) is 0. The number of hydrogen-bond acceptors (Lipinski definition) is 0. The maximum Gasteiger partial charge on any atom is 2.00 e. The van der Waals surface area contributed by atoms with E-state index in [-0.39, 0.29) is 636 Å². The molecule has 0 aromatic carbocycles. The standard InChI is InChI=1S/2Ba.3Be.6BrH.3Ca.6ClH.6HI.3Mg.4H/h;;;;;6*1H;;;;12*1H;;;;;;;/q5*+2;;;;;;;3*+2;;;;;;;;;;;;;3*+2;4*-1/p-18. The minimum Gasteiger partial charge on any atom is -1.00 e. The molecule has 29 heteroatoms. The summed E-state index contributed by atoms with van der Waals surface area (Å²) in [4.78, 5) is 0. The second-order valence-corrected chi connectivity index (χ2v) is 0. The Balaban J connectivity index is 0. The van der Waals surface area contributed by atoms with Gasteiger partial charge in [0.05, 0.1) is 0 Å². The summed E-state index contributed by atoms with van der Waals surface area (Å²) in [6.45, 7) is 0. The Kier molecular flexibility index (Phi) is 2850. The van der Waals surface area contributed by atoms with Crippen LogP contribution >= 0.6 is 0 Å². The zero-order valence-electron chi connectivity index (χ0n) is 18.6. The molecule has 0 heterocycles. The van der Waals surface area contributed by atoms with Crippen LogP contribution in [-0.2, 0) is 0 Å². The summed E-state index contributed by atoms with van der Waals surface area (Å²) in [5.74, 6) is 0. The van der Waals surface area contributed by atoms with Crippen LogP contribution in [0.4, 0.5) is 0 Å². The van der Waals surface area contributed by atoms with Gasteiger partial charge in [0, 0.05) is 0 Å². The third-order valence-electron chi connectivity index (χ3n) is 0. The summed E-state index contributed by atoms with van der Waals surface area (Å²) in [5.41, 5.74) is 0. The van der Waals surface area contributed by atoms with E-state index in [9.17, 15) is 0 Å². The fourth-order valence-corrected chi connectivity index (χ4v) is 0. The number of rotatable bonds is 0. The Bertz CT molecular complexity index is 95.7. The molecule has 0 aliphatic carbocycles. The molecule has 0 unspecified atom stereocenters. The van der Waals surface area contributed by atoms with E-state index in [0.717, 1.165) is 0 Å². The molecule has 0 aromatic heterocycles. The molecule has 0 fully saturated rings. The Morgan fingerprint density at radius 2 is 0.276 bits per heavy atom. The van der Waals surface area contributed by atoms with E-state index in [0.29, 0.717) is 0 Å². The van der Waals surface area contributed by atoms with Crippen molar-refractivity contribution in [2.75, 3.05) is 0 Å². The van der Waals surface area contributed by atoms with Crippen molar-refractivity contribution in [1.82, 2.24) is 0 Å². The van der Waals surface area contributed by atoms with E-state index in [2.05, 4.69) is 0 Å². The van der Waals surface area contributed by atoms with Crippen molar-refractivity contribution in [2.24, 2.45) is 0 Å². The van der Waals surface area contributed by atoms with Crippen LogP contribution in [0.3, 0.4) is 0 Å². The molecular weight excluding hydrogens is 1950 g/mol. The average Bonchev–Trinajstić information content (AvgIpc) is 0. The molecule has 0 nitrogen and oxygen atoms in total. The van der Waals surface area contributed by atoms with Crippen LogP contribution in [0.5, 0.6) is 0 Å². The van der Waals surface area contributed by atoms with Gasteiger partial charge >= 0.3 is 310 Å². The van der Waals surface area contributed by atoms with Gasteiger partial charge in [-0.3, -0.25) is 0 Å². The molecule has 0 aromatic rings. The topological polar surface area (TPSA) is 0 Å². The molecule has 0 aliphatic heterocycles. The van der Waals surface area contributed by atoms with Gasteiger partial charge in [-0.2, -0.15) is 0 Å². The molecule has 0 bridgehead atoms. The first-order valence-electron chi connectivity index (χ1n) is 0. The molecule has 0 saturated carbocycles. The van der Waals surface area contributed by atoms with Gasteiger partial charge in [0.2, 0.25) is 0 Å². The summed E-state index contributed by atoms with van der Waals surface area (Å²) >= 11 is 0. The molecule has 0 saturated heterocycles. The smallest absolute Gasteiger partial charge is 1.00 e. The summed E-state index contributed by atoms with van der Waals surface area (Å²) in [6, 6.07) is 0. The second kappa shape index (κ2) is 279. The molecule has 0 rings (SSSR count). The first-order chi connectivity index (χ1) is 0. The molecule has 0 atom stereocenters. The van der Waals surface area contributed by atoms with Crippen molar-refractivity contribution < 1.29 is 326 Å². The zero-order valence-corrected chi connectivity index (χ0v) is 61.3. The summed E-state index contributed by atoms with van der Waals surface area (Å²) in [5, 5.41) is 0. The predicted molar refractivity (Wildman–Crippen MR) is 67.7 cm³/mol. The molecule has 0 aliphatic rings. The monoisotopic (exact) mass is 1940 g/mol. The van der Waals surface area contributed by atoms with E-state index in [1.807, 2.05) is 0 Å². The summed E-state index contributed by atoms with van der Waals surface area (Å²) in [7, 11) is 0. The van der Waals surface area contributed by atoms with Gasteiger partial charge in [-0.1, -0.05) is 0 Å². The fraction of sp³-hybridized carbons (Fsp3) is 0. The van der Waals surface area contributed by atoms with Gasteiger partial charge < -0.3 is 326 Å². The van der Waals surface area contributed by atoms with Gasteiger partial charge in [-0.05, 0) is 0 Å². The van der Waals surface area contributed by atoms with Crippen molar-refractivity contribution in [1.29, 1.82) is 0 Å². The van der Waals surface area contributed by atoms with Gasteiger partial charge in [-0.15, -0.1) is 0 Å². The molecule has 0 N–H and O–H groups in total. The van der Waals surface area contributed by atoms with Gasteiger partial charge in [0.15, 0.2) is 0 Å². The van der Waals surface area contributed by atoms with E-state index < -0.39 is 0 Å². The third-order valence-corrected chi connectivity index (χ3v) is 0. The van der Waals surface area contributed by atoms with Crippen LogP contribution in [0.2, 0.25) is 0 Å². The predicted octanol–water partition coefficient (Wildman–Crippen LogP) is -57.7. The quantitative estimate of drug-likeness (QED) is 0.168. The fourth-order valence-electron chi connectivity index (χ4n) is 0. The van der Waals surface area contributed by atoms with Gasteiger partial charge in [0.25, 0.3) is 0 Å². The van der Waals surface area contributed by atoms with Gasteiger partial charge in [0.1, 0.15) is 0 Å². The molecule has 0 amide bonds. The van der Waals surface area contributed by atoms with Crippen LogP contribution in [0.25, 0.3) is 0 Å². The zero-order chi connectivity index (χ0) is 0. The maximum absolute atomic E-state index is 0. The maximum atomic E-state index is 0. The van der Waals surface area contributed by atoms with Crippen LogP contribution in [0, 0.1) is 0 Å². The first kappa shape index (κ1) is 297. The minimum absolute atomic E-state index is 0. The second-order valence-electron chi connectivity index (χ2n) is 0. The average molecular weight is 1950 g/mol. The van der Waals surface area contributed by atoms with Crippen LogP contribution in [0.1, 0.15) is 5.71 Å². The van der Waals surface area contributed by atoms with Crippen molar-refractivity contribution in [3.8, 4) is 0 Å². The van der Waals surface area contributed by atoms with Gasteiger partial charge in [-0.25, -0.2) is 0 Å². The summed E-state index contributed by atoms with van der Waals surface area (Å²) < 4.78 is 0. The molecular formula is H4Ba2Be3Br6Ca3Cl6I6Mg3. The van der Waals surface area contributed by atoms with Crippen molar-refractivity contribution in [2.45, 2.75) is 0 Å². The van der Waals surface area contributed by atoms with E-state index in [1.165, 1.54) is 0 Å². The first-order valence-corrected chi connectivity index (χ1v) is 0. The Morgan fingerprint density at radius 3 is 0.276 bits per heavy atom. The van der Waals surface area contributed by atoms with Crippen LogP contribution in [-0.4, -0.2) is 310 Å². The van der Waals surface area contributed by atoms with E-state index in [4.69, 9.17) is 0 Å². The minimum atomic E-state index is 0. The van der Waals surface area contributed by atoms with E-state index >= 15 is 0 Å². The van der Waals surface area contributed by atoms with Crippen molar-refractivity contribution in [3.05, 3.63) is 0 Å². The van der Waals surface area contributed by atoms with Crippen molar-refractivity contribution >= 4 is 310 Å². The van der Waals surface area contributed by atoms with E-state index in [1.54, 1.807) is 0 Å². The molecule has 29 heavy (non-hydrogen) atoms. The SMILES string of the molecule is [Ba+2].[Ba+2].[Be+2].[Be+2].[Be+2].[Br-].[Br-].[Br-].[Br-].[Br-].[Br-].[Ca+2].[Ca+2].[Ca+2].[Cl-].[Cl-].[Cl-].[Cl-].[Cl-].[Cl-].[H-].[H-].[H-].[H-].[I-].[I-].[I-].[I-].[I-].[I-].[Mg+2].[Mg+2].[Mg+2]. The van der Waals surface area contributed by atoms with Crippen LogP contribution in [0.15, 0.2) is 0 Å². The Labute approximate surface area is 616 Å². The number of hydrogen-bond donors (Lipinski definition) is 0. The Hall–Kier alpha value is 18.7. The molecule has 0 spiro atoms. The number of halogens is 18. The van der Waals surface area contributed by atoms with Crippen molar-refractivity contribution in [3.63, 3.8) is 0 Å². The summed E-state index contributed by atoms with van der Waals surface area (Å²) in [6.07, 6.45) is 0. The Morgan fingerprint density at radius 1 is 0.276 bits per heavy atom. The molecule has 0 radical (unpaired) electrons. The largest absolute Gasteiger partial charge is 2.00 e.